The Bertz CT molecular complexity index is 261. The Morgan fingerprint density at radius 3 is 2.75 bits per heavy atom. The van der Waals surface area contributed by atoms with Crippen LogP contribution in [0.2, 0.25) is 0 Å². The molecule has 0 atom stereocenters. The predicted octanol–water partition coefficient (Wildman–Crippen LogP) is 5.00. The summed E-state index contributed by atoms with van der Waals surface area (Å²) in [6.07, 6.45) is 11.5. The minimum atomic E-state index is -0.0177. The van der Waals surface area contributed by atoms with Crippen LogP contribution >= 0.6 is 0 Å². The van der Waals surface area contributed by atoms with Gasteiger partial charge in [-0.25, -0.2) is 4.39 Å². The van der Waals surface area contributed by atoms with E-state index in [1.54, 1.807) is 0 Å². The summed E-state index contributed by atoms with van der Waals surface area (Å²) in [4.78, 5) is 0. The first-order valence-electron chi connectivity index (χ1n) is 6.66. The number of halogens is 1. The fourth-order valence-electron chi connectivity index (χ4n) is 2.19. The van der Waals surface area contributed by atoms with E-state index in [-0.39, 0.29) is 5.83 Å². The van der Waals surface area contributed by atoms with Crippen LogP contribution in [0.1, 0.15) is 64.7 Å². The largest absolute Gasteiger partial charge is 0.211 e. The van der Waals surface area contributed by atoms with Crippen molar-refractivity contribution in [2.24, 2.45) is 5.92 Å². The number of hydrogen-bond donors (Lipinski definition) is 0. The minimum absolute atomic E-state index is 0.0177. The van der Waals surface area contributed by atoms with Crippen LogP contribution < -0.4 is 0 Å². The van der Waals surface area contributed by atoms with E-state index in [1.165, 1.54) is 38.2 Å². The lowest BCUT2D eigenvalue weighted by molar-refractivity contribution is 0.337. The van der Waals surface area contributed by atoms with E-state index in [2.05, 4.69) is 18.8 Å². The van der Waals surface area contributed by atoms with E-state index < -0.39 is 0 Å². The average molecular weight is 222 g/mol. The quantitative estimate of drug-likeness (QED) is 0.463. The second-order valence-electron chi connectivity index (χ2n) is 4.72. The van der Waals surface area contributed by atoms with Gasteiger partial charge in [0.1, 0.15) is 5.83 Å². The van der Waals surface area contributed by atoms with Crippen molar-refractivity contribution in [1.29, 1.82) is 0 Å². The monoisotopic (exact) mass is 222 g/mol. The molecule has 0 amide bonds. The highest BCUT2D eigenvalue weighted by atomic mass is 19.1. The zero-order valence-electron chi connectivity index (χ0n) is 10.4. The van der Waals surface area contributed by atoms with Gasteiger partial charge in [0.2, 0.25) is 0 Å². The standard InChI is InChI=1S/C15H23F/c1-2-3-4-5-9-12-15(16)13-14-10-7-6-8-11-14/h12,14H,2-4,6-8,10-11,13H2,1H3/b15-12-. The van der Waals surface area contributed by atoms with Crippen LogP contribution in [0.25, 0.3) is 0 Å². The lowest BCUT2D eigenvalue weighted by Crippen LogP contribution is -2.05. The third-order valence-electron chi connectivity index (χ3n) is 3.19. The van der Waals surface area contributed by atoms with Crippen LogP contribution in [-0.2, 0) is 0 Å². The Balaban J connectivity index is 2.23. The molecule has 0 radical (unpaired) electrons. The van der Waals surface area contributed by atoms with Crippen molar-refractivity contribution in [2.75, 3.05) is 0 Å². The van der Waals surface area contributed by atoms with Crippen molar-refractivity contribution in [3.05, 3.63) is 11.9 Å². The SMILES string of the molecule is CCCCC#C/C=C(\F)CC1CCCCC1. The van der Waals surface area contributed by atoms with Crippen molar-refractivity contribution in [2.45, 2.75) is 64.7 Å². The van der Waals surface area contributed by atoms with Crippen molar-refractivity contribution >= 4 is 0 Å². The molecule has 0 aromatic carbocycles. The molecule has 1 heteroatoms. The molecule has 0 spiro atoms. The topological polar surface area (TPSA) is 0 Å². The van der Waals surface area contributed by atoms with Crippen LogP contribution in [0.3, 0.4) is 0 Å². The molecule has 1 fully saturated rings. The van der Waals surface area contributed by atoms with Gasteiger partial charge in [-0.2, -0.15) is 0 Å². The summed E-state index contributed by atoms with van der Waals surface area (Å²) < 4.78 is 13.5. The molecule has 0 bridgehead atoms. The van der Waals surface area contributed by atoms with E-state index in [1.807, 2.05) is 0 Å². The molecular weight excluding hydrogens is 199 g/mol. The first kappa shape index (κ1) is 13.3. The smallest absolute Gasteiger partial charge is 0.108 e. The number of unbranched alkanes of at least 4 members (excludes halogenated alkanes) is 2. The molecule has 0 heterocycles. The highest BCUT2D eigenvalue weighted by molar-refractivity contribution is 5.18. The summed E-state index contributed by atoms with van der Waals surface area (Å²) in [5, 5.41) is 0. The molecule has 0 unspecified atom stereocenters. The molecule has 1 saturated carbocycles. The van der Waals surface area contributed by atoms with Gasteiger partial charge < -0.3 is 0 Å². The predicted molar refractivity (Wildman–Crippen MR) is 67.7 cm³/mol. The van der Waals surface area contributed by atoms with Crippen LogP contribution in [0.15, 0.2) is 11.9 Å². The summed E-state index contributed by atoms with van der Waals surface area (Å²) in [5.74, 6) is 6.36. The zero-order valence-corrected chi connectivity index (χ0v) is 10.4. The van der Waals surface area contributed by atoms with Gasteiger partial charge in [0.15, 0.2) is 0 Å². The Labute approximate surface area is 99.3 Å². The molecule has 0 aromatic rings. The average Bonchev–Trinajstić information content (AvgIpc) is 2.30. The summed E-state index contributed by atoms with van der Waals surface area (Å²) in [7, 11) is 0. The van der Waals surface area contributed by atoms with Crippen LogP contribution in [-0.4, -0.2) is 0 Å². The van der Waals surface area contributed by atoms with E-state index in [0.717, 1.165) is 19.3 Å². The molecule has 0 saturated heterocycles. The lowest BCUT2D eigenvalue weighted by Gasteiger charge is -2.20. The second kappa shape index (κ2) is 8.39. The van der Waals surface area contributed by atoms with Gasteiger partial charge in [0, 0.05) is 18.9 Å². The van der Waals surface area contributed by atoms with Gasteiger partial charge in [-0.05, 0) is 12.3 Å². The first-order chi connectivity index (χ1) is 7.83. The molecule has 0 aromatic heterocycles. The number of rotatable bonds is 4. The van der Waals surface area contributed by atoms with Gasteiger partial charge in [-0.3, -0.25) is 0 Å². The Kier molecular flexibility index (Phi) is 6.97. The third kappa shape index (κ3) is 5.95. The van der Waals surface area contributed by atoms with E-state index >= 15 is 0 Å². The van der Waals surface area contributed by atoms with Gasteiger partial charge >= 0.3 is 0 Å². The molecule has 0 aliphatic heterocycles. The van der Waals surface area contributed by atoms with Gasteiger partial charge in [0.25, 0.3) is 0 Å². The highest BCUT2D eigenvalue weighted by Crippen LogP contribution is 2.29. The Morgan fingerprint density at radius 1 is 1.31 bits per heavy atom. The van der Waals surface area contributed by atoms with Gasteiger partial charge in [-0.1, -0.05) is 57.3 Å². The fourth-order valence-corrected chi connectivity index (χ4v) is 2.19. The van der Waals surface area contributed by atoms with Crippen LogP contribution in [0.5, 0.6) is 0 Å². The molecule has 0 N–H and O–H groups in total. The number of allylic oxidation sites excluding steroid dienone is 2. The summed E-state index contributed by atoms with van der Waals surface area (Å²) in [6, 6.07) is 0. The number of hydrogen-bond acceptors (Lipinski definition) is 0. The Morgan fingerprint density at radius 2 is 2.06 bits per heavy atom. The molecule has 1 rings (SSSR count). The molecule has 16 heavy (non-hydrogen) atoms. The van der Waals surface area contributed by atoms with E-state index in [4.69, 9.17) is 0 Å². The molecule has 1 aliphatic carbocycles. The maximum absolute atomic E-state index is 13.5. The molecule has 1 aliphatic rings. The Hall–Kier alpha value is -0.770. The fraction of sp³-hybridized carbons (Fsp3) is 0.733. The van der Waals surface area contributed by atoms with Gasteiger partial charge in [0.05, 0.1) is 0 Å². The summed E-state index contributed by atoms with van der Waals surface area (Å²) >= 11 is 0. The minimum Gasteiger partial charge on any atom is -0.211 e. The third-order valence-corrected chi connectivity index (χ3v) is 3.19. The lowest BCUT2D eigenvalue weighted by atomic mass is 9.87. The van der Waals surface area contributed by atoms with Crippen molar-refractivity contribution in [3.8, 4) is 11.8 Å². The highest BCUT2D eigenvalue weighted by Gasteiger charge is 2.14. The van der Waals surface area contributed by atoms with E-state index in [9.17, 15) is 4.39 Å². The molecular formula is C15H23F. The van der Waals surface area contributed by atoms with Crippen LogP contribution in [0, 0.1) is 17.8 Å². The normalized spacial score (nSPS) is 18.0. The second-order valence-corrected chi connectivity index (χ2v) is 4.72. The maximum Gasteiger partial charge on any atom is 0.108 e. The maximum atomic E-state index is 13.5. The van der Waals surface area contributed by atoms with Crippen molar-refractivity contribution in [3.63, 3.8) is 0 Å². The van der Waals surface area contributed by atoms with Gasteiger partial charge in [-0.15, -0.1) is 0 Å². The van der Waals surface area contributed by atoms with E-state index in [0.29, 0.717) is 12.3 Å². The van der Waals surface area contributed by atoms with Crippen molar-refractivity contribution in [1.82, 2.24) is 0 Å². The summed E-state index contributed by atoms with van der Waals surface area (Å²) in [5.41, 5.74) is 0. The van der Waals surface area contributed by atoms with Crippen LogP contribution in [0.4, 0.5) is 4.39 Å². The first-order valence-corrected chi connectivity index (χ1v) is 6.66. The summed E-state index contributed by atoms with van der Waals surface area (Å²) in [6.45, 7) is 2.14. The molecule has 0 nitrogen and oxygen atoms in total. The van der Waals surface area contributed by atoms with Crippen molar-refractivity contribution < 1.29 is 4.39 Å². The molecule has 90 valence electrons. The zero-order chi connectivity index (χ0) is 11.6.